The summed E-state index contributed by atoms with van der Waals surface area (Å²) in [7, 11) is -3.95. The number of ether oxygens (including phenoxy) is 2. The lowest BCUT2D eigenvalue weighted by Gasteiger charge is -2.26. The lowest BCUT2D eigenvalue weighted by Crippen LogP contribution is -2.40. The molecule has 0 radical (unpaired) electrons. The number of esters is 1. The molecule has 0 aliphatic carbocycles. The lowest BCUT2D eigenvalue weighted by atomic mass is 10.1. The zero-order valence-corrected chi connectivity index (χ0v) is 18.0. The highest BCUT2D eigenvalue weighted by molar-refractivity contribution is 7.89. The fourth-order valence-electron chi connectivity index (χ4n) is 2.98. The maximum absolute atomic E-state index is 14.2. The van der Waals surface area contributed by atoms with E-state index in [0.717, 1.165) is 18.2 Å². The highest BCUT2D eigenvalue weighted by Gasteiger charge is 2.28. The maximum atomic E-state index is 14.2. The van der Waals surface area contributed by atoms with Gasteiger partial charge in [-0.2, -0.15) is 4.31 Å². The Kier molecular flexibility index (Phi) is 7.33. The summed E-state index contributed by atoms with van der Waals surface area (Å²) < 4.78 is 50.8. The number of benzene rings is 2. The molecule has 9 nitrogen and oxygen atoms in total. The van der Waals surface area contributed by atoms with Gasteiger partial charge < -0.3 is 14.8 Å². The van der Waals surface area contributed by atoms with Gasteiger partial charge >= 0.3 is 5.97 Å². The molecule has 1 saturated heterocycles. The number of halogens is 1. The average molecular weight is 464 g/mol. The quantitative estimate of drug-likeness (QED) is 0.491. The van der Waals surface area contributed by atoms with E-state index in [0.29, 0.717) is 11.3 Å². The highest BCUT2D eigenvalue weighted by atomic mass is 32.2. The van der Waals surface area contributed by atoms with E-state index in [1.54, 1.807) is 18.2 Å². The maximum Gasteiger partial charge on any atom is 0.341 e. The predicted octanol–water partition coefficient (Wildman–Crippen LogP) is 1.84. The number of sulfonamides is 1. The summed E-state index contributed by atoms with van der Waals surface area (Å²) >= 11 is 0. The van der Waals surface area contributed by atoms with Crippen molar-refractivity contribution in [3.63, 3.8) is 0 Å². The summed E-state index contributed by atoms with van der Waals surface area (Å²) in [6, 6.07) is 8.97. The van der Waals surface area contributed by atoms with Crippen molar-refractivity contribution in [1.82, 2.24) is 4.31 Å². The summed E-state index contributed by atoms with van der Waals surface area (Å²) in [6.07, 6.45) is 0. The summed E-state index contributed by atoms with van der Waals surface area (Å²) in [6.45, 7) is 1.40. The summed E-state index contributed by atoms with van der Waals surface area (Å²) in [4.78, 5) is 35.5. The minimum absolute atomic E-state index is 0.143. The molecule has 1 N–H and O–H groups in total. The SMILES string of the molecule is CC(=O)c1cccc(NC(=O)COC(=O)c2cc(S(=O)(=O)N3CCOCC3)ccc2F)c1. The van der Waals surface area contributed by atoms with Gasteiger partial charge in [-0.1, -0.05) is 12.1 Å². The Morgan fingerprint density at radius 1 is 1.12 bits per heavy atom. The van der Waals surface area contributed by atoms with Crippen LogP contribution in [0.15, 0.2) is 47.4 Å². The third-order valence-electron chi connectivity index (χ3n) is 4.65. The fraction of sp³-hybridized carbons (Fsp3) is 0.286. The standard InChI is InChI=1S/C21H21FN2O7S/c1-14(25)15-3-2-4-16(11-15)23-20(26)13-31-21(27)18-12-17(5-6-19(18)22)32(28,29)24-7-9-30-10-8-24/h2-6,11-12H,7-10,13H2,1H3,(H,23,26). The van der Waals surface area contributed by atoms with Crippen molar-refractivity contribution in [1.29, 1.82) is 0 Å². The molecule has 11 heteroatoms. The third-order valence-corrected chi connectivity index (χ3v) is 6.55. The van der Waals surface area contributed by atoms with Crippen molar-refractivity contribution in [3.8, 4) is 0 Å². The van der Waals surface area contributed by atoms with E-state index in [4.69, 9.17) is 9.47 Å². The van der Waals surface area contributed by atoms with Crippen LogP contribution in [0, 0.1) is 5.82 Å². The van der Waals surface area contributed by atoms with Gasteiger partial charge in [0.2, 0.25) is 10.0 Å². The Labute approximate surface area is 184 Å². The van der Waals surface area contributed by atoms with E-state index < -0.39 is 39.9 Å². The van der Waals surface area contributed by atoms with Gasteiger partial charge in [0, 0.05) is 24.3 Å². The van der Waals surface area contributed by atoms with Gasteiger partial charge in [0.15, 0.2) is 12.4 Å². The highest BCUT2D eigenvalue weighted by Crippen LogP contribution is 2.21. The molecule has 170 valence electrons. The molecule has 0 aromatic heterocycles. The van der Waals surface area contributed by atoms with Crippen LogP contribution in [-0.4, -0.2) is 63.3 Å². The molecule has 3 rings (SSSR count). The van der Waals surface area contributed by atoms with Crippen LogP contribution in [0.3, 0.4) is 0 Å². The van der Waals surface area contributed by atoms with E-state index in [-0.39, 0.29) is 37.0 Å². The third kappa shape index (κ3) is 5.55. The van der Waals surface area contributed by atoms with Crippen LogP contribution < -0.4 is 5.32 Å². The molecule has 1 aliphatic heterocycles. The second-order valence-corrected chi connectivity index (χ2v) is 8.86. The van der Waals surface area contributed by atoms with Crippen molar-refractivity contribution in [2.24, 2.45) is 0 Å². The molecular weight excluding hydrogens is 443 g/mol. The number of anilines is 1. The van der Waals surface area contributed by atoms with Crippen molar-refractivity contribution in [2.45, 2.75) is 11.8 Å². The molecular formula is C21H21FN2O7S. The van der Waals surface area contributed by atoms with E-state index >= 15 is 0 Å². The second kappa shape index (κ2) is 9.98. The number of nitrogens with one attached hydrogen (secondary N) is 1. The van der Waals surface area contributed by atoms with Gasteiger partial charge in [-0.3, -0.25) is 9.59 Å². The number of ketones is 1. The molecule has 1 heterocycles. The van der Waals surface area contributed by atoms with Crippen LogP contribution in [0.25, 0.3) is 0 Å². The van der Waals surface area contributed by atoms with Gasteiger partial charge in [-0.25, -0.2) is 17.6 Å². The smallest absolute Gasteiger partial charge is 0.341 e. The number of rotatable bonds is 7. The normalized spacial score (nSPS) is 14.6. The number of hydrogen-bond donors (Lipinski definition) is 1. The Bertz CT molecular complexity index is 1140. The predicted molar refractivity (Wildman–Crippen MR) is 111 cm³/mol. The van der Waals surface area contributed by atoms with Gasteiger partial charge in [0.25, 0.3) is 5.91 Å². The van der Waals surface area contributed by atoms with Crippen molar-refractivity contribution < 1.29 is 36.7 Å². The van der Waals surface area contributed by atoms with Gasteiger partial charge in [-0.15, -0.1) is 0 Å². The zero-order chi connectivity index (χ0) is 23.3. The minimum Gasteiger partial charge on any atom is -0.452 e. The largest absolute Gasteiger partial charge is 0.452 e. The molecule has 2 aromatic carbocycles. The molecule has 2 aromatic rings. The van der Waals surface area contributed by atoms with Gasteiger partial charge in [-0.05, 0) is 37.3 Å². The molecule has 0 bridgehead atoms. The molecule has 32 heavy (non-hydrogen) atoms. The number of hydrogen-bond acceptors (Lipinski definition) is 7. The number of carbonyl (C=O) groups is 3. The summed E-state index contributed by atoms with van der Waals surface area (Å²) in [5.74, 6) is -3.06. The fourth-order valence-corrected chi connectivity index (χ4v) is 4.41. The molecule has 1 fully saturated rings. The number of Topliss-reactive ketones (excluding diaryl/α,β-unsaturated/α-hetero) is 1. The van der Waals surface area contributed by atoms with Gasteiger partial charge in [0.1, 0.15) is 5.82 Å². The number of carbonyl (C=O) groups excluding carboxylic acids is 3. The summed E-state index contributed by atoms with van der Waals surface area (Å²) in [5, 5.41) is 2.46. The van der Waals surface area contributed by atoms with Crippen LogP contribution in [0.5, 0.6) is 0 Å². The monoisotopic (exact) mass is 464 g/mol. The van der Waals surface area contributed by atoms with Crippen LogP contribution in [0.1, 0.15) is 27.6 Å². The molecule has 0 saturated carbocycles. The zero-order valence-electron chi connectivity index (χ0n) is 17.2. The summed E-state index contributed by atoms with van der Waals surface area (Å²) in [5.41, 5.74) is 0.106. The first-order valence-corrected chi connectivity index (χ1v) is 11.1. The van der Waals surface area contributed by atoms with Crippen LogP contribution in [0.4, 0.5) is 10.1 Å². The van der Waals surface area contributed by atoms with Crippen LogP contribution in [0.2, 0.25) is 0 Å². The van der Waals surface area contributed by atoms with E-state index in [2.05, 4.69) is 5.32 Å². The lowest BCUT2D eigenvalue weighted by molar-refractivity contribution is -0.119. The Morgan fingerprint density at radius 2 is 1.84 bits per heavy atom. The molecule has 0 unspecified atom stereocenters. The number of nitrogens with zero attached hydrogens (tertiary/aromatic N) is 1. The van der Waals surface area contributed by atoms with E-state index in [9.17, 15) is 27.2 Å². The average Bonchev–Trinajstić information content (AvgIpc) is 2.78. The topological polar surface area (TPSA) is 119 Å². The molecule has 0 atom stereocenters. The first-order chi connectivity index (χ1) is 15.2. The molecule has 1 amide bonds. The van der Waals surface area contributed by atoms with Crippen LogP contribution in [-0.2, 0) is 24.3 Å². The number of morpholine rings is 1. The molecule has 1 aliphatic rings. The Balaban J connectivity index is 1.67. The van der Waals surface area contributed by atoms with Crippen molar-refractivity contribution in [3.05, 3.63) is 59.4 Å². The second-order valence-electron chi connectivity index (χ2n) is 6.92. The Hall–Kier alpha value is -3.15. The first kappa shape index (κ1) is 23.5. The van der Waals surface area contributed by atoms with E-state index in [1.165, 1.54) is 17.3 Å². The molecule has 0 spiro atoms. The van der Waals surface area contributed by atoms with Gasteiger partial charge in [0.05, 0.1) is 23.7 Å². The van der Waals surface area contributed by atoms with Crippen molar-refractivity contribution >= 4 is 33.4 Å². The first-order valence-electron chi connectivity index (χ1n) is 9.64. The van der Waals surface area contributed by atoms with Crippen LogP contribution >= 0.6 is 0 Å². The van der Waals surface area contributed by atoms with Crippen molar-refractivity contribution in [2.75, 3.05) is 38.2 Å². The van der Waals surface area contributed by atoms with E-state index in [1.807, 2.05) is 0 Å². The minimum atomic E-state index is -3.95. The Morgan fingerprint density at radius 3 is 2.53 bits per heavy atom. The number of amides is 1.